The third kappa shape index (κ3) is 2.40. The van der Waals surface area contributed by atoms with Crippen molar-refractivity contribution in [1.29, 1.82) is 0 Å². The van der Waals surface area contributed by atoms with Crippen molar-refractivity contribution < 1.29 is 8.42 Å². The lowest BCUT2D eigenvalue weighted by Gasteiger charge is -2.18. The van der Waals surface area contributed by atoms with Gasteiger partial charge in [-0.1, -0.05) is 18.2 Å². The molecule has 0 fully saturated rings. The molecule has 96 valence electrons. The van der Waals surface area contributed by atoms with Crippen LogP contribution in [0.1, 0.15) is 4.88 Å². The van der Waals surface area contributed by atoms with Crippen LogP contribution in [0.25, 0.3) is 0 Å². The number of rotatable bonds is 4. The molecule has 0 amide bonds. The first kappa shape index (κ1) is 13.1. The highest BCUT2D eigenvalue weighted by molar-refractivity contribution is 7.93. The summed E-state index contributed by atoms with van der Waals surface area (Å²) < 4.78 is 26.0. The molecule has 0 unspecified atom stereocenters. The van der Waals surface area contributed by atoms with Crippen molar-refractivity contribution >= 4 is 27.0 Å². The summed E-state index contributed by atoms with van der Waals surface area (Å²) in [6, 6.07) is 10.6. The van der Waals surface area contributed by atoms with Gasteiger partial charge in [0.15, 0.2) is 0 Å². The lowest BCUT2D eigenvalue weighted by atomic mass is 10.3. The predicted octanol–water partition coefficient (Wildman–Crippen LogP) is 2.03. The minimum Gasteiger partial charge on any atom is -0.326 e. The van der Waals surface area contributed by atoms with Gasteiger partial charge in [0, 0.05) is 23.8 Å². The quantitative estimate of drug-likeness (QED) is 0.933. The summed E-state index contributed by atoms with van der Waals surface area (Å²) in [5.41, 5.74) is 6.13. The lowest BCUT2D eigenvalue weighted by molar-refractivity contribution is 0.594. The number of sulfonamides is 1. The van der Waals surface area contributed by atoms with E-state index in [-0.39, 0.29) is 0 Å². The Labute approximate surface area is 111 Å². The van der Waals surface area contributed by atoms with Crippen LogP contribution in [-0.4, -0.2) is 15.5 Å². The molecule has 0 aliphatic rings. The molecule has 0 aliphatic carbocycles. The second kappa shape index (κ2) is 5.09. The Hall–Kier alpha value is -1.37. The van der Waals surface area contributed by atoms with Crippen LogP contribution in [0, 0.1) is 0 Å². The van der Waals surface area contributed by atoms with E-state index >= 15 is 0 Å². The minimum atomic E-state index is -3.49. The Kier molecular flexibility index (Phi) is 3.70. The smallest absolute Gasteiger partial charge is 0.264 e. The van der Waals surface area contributed by atoms with Crippen molar-refractivity contribution in [3.8, 4) is 0 Å². The SMILES string of the molecule is CN(c1ccccc1)S(=O)(=O)c1csc(CN)c1. The van der Waals surface area contributed by atoms with Crippen LogP contribution in [0.4, 0.5) is 5.69 Å². The first-order chi connectivity index (χ1) is 8.55. The average molecular weight is 282 g/mol. The summed E-state index contributed by atoms with van der Waals surface area (Å²) in [6.45, 7) is 0.356. The standard InChI is InChI=1S/C12H14N2O2S2/c1-14(10-5-3-2-4-6-10)18(15,16)12-7-11(8-13)17-9-12/h2-7,9H,8,13H2,1H3. The van der Waals surface area contributed by atoms with Crippen LogP contribution in [-0.2, 0) is 16.6 Å². The van der Waals surface area contributed by atoms with Gasteiger partial charge >= 0.3 is 0 Å². The molecule has 4 nitrogen and oxygen atoms in total. The van der Waals surface area contributed by atoms with Crippen molar-refractivity contribution in [2.75, 3.05) is 11.4 Å². The van der Waals surface area contributed by atoms with Crippen LogP contribution in [0.15, 0.2) is 46.7 Å². The van der Waals surface area contributed by atoms with Gasteiger partial charge in [-0.3, -0.25) is 4.31 Å². The van der Waals surface area contributed by atoms with Gasteiger partial charge in [0.05, 0.1) is 10.6 Å². The summed E-state index contributed by atoms with van der Waals surface area (Å²) in [4.78, 5) is 1.15. The molecule has 1 aromatic carbocycles. The molecule has 6 heteroatoms. The molecular formula is C12H14N2O2S2. The molecule has 1 aromatic heterocycles. The van der Waals surface area contributed by atoms with Gasteiger partial charge in [-0.25, -0.2) is 8.42 Å². The molecule has 0 aliphatic heterocycles. The topological polar surface area (TPSA) is 63.4 Å². The third-order valence-electron chi connectivity index (χ3n) is 2.61. The highest BCUT2D eigenvalue weighted by atomic mass is 32.2. The summed E-state index contributed by atoms with van der Waals surface area (Å²) in [5, 5.41) is 1.62. The molecular weight excluding hydrogens is 268 g/mol. The number of thiophene rings is 1. The minimum absolute atomic E-state index is 0.291. The van der Waals surface area contributed by atoms with Gasteiger partial charge < -0.3 is 5.73 Å². The molecule has 2 aromatic rings. The van der Waals surface area contributed by atoms with Crippen molar-refractivity contribution in [3.05, 3.63) is 46.7 Å². The first-order valence-corrected chi connectivity index (χ1v) is 7.69. The number of benzene rings is 1. The monoisotopic (exact) mass is 282 g/mol. The zero-order valence-electron chi connectivity index (χ0n) is 9.91. The zero-order chi connectivity index (χ0) is 13.2. The fourth-order valence-electron chi connectivity index (χ4n) is 1.54. The highest BCUT2D eigenvalue weighted by Gasteiger charge is 2.22. The second-order valence-electron chi connectivity index (χ2n) is 3.76. The van der Waals surface area contributed by atoms with Crippen LogP contribution in [0.3, 0.4) is 0 Å². The van der Waals surface area contributed by atoms with E-state index in [1.165, 1.54) is 15.6 Å². The number of hydrogen-bond acceptors (Lipinski definition) is 4. The summed E-state index contributed by atoms with van der Waals surface area (Å²) in [5.74, 6) is 0. The number of nitrogens with two attached hydrogens (primary N) is 1. The third-order valence-corrected chi connectivity index (χ3v) is 5.48. The molecule has 0 radical (unpaired) electrons. The van der Waals surface area contributed by atoms with E-state index in [1.54, 1.807) is 42.8 Å². The van der Waals surface area contributed by atoms with Gasteiger partial charge in [0.25, 0.3) is 10.0 Å². The molecule has 0 atom stereocenters. The predicted molar refractivity (Wildman–Crippen MR) is 74.2 cm³/mol. The van der Waals surface area contributed by atoms with E-state index in [0.717, 1.165) is 4.88 Å². The van der Waals surface area contributed by atoms with E-state index in [2.05, 4.69) is 0 Å². The molecule has 2 N–H and O–H groups in total. The van der Waals surface area contributed by atoms with Crippen LogP contribution >= 0.6 is 11.3 Å². The van der Waals surface area contributed by atoms with Gasteiger partial charge in [-0.2, -0.15) is 0 Å². The highest BCUT2D eigenvalue weighted by Crippen LogP contribution is 2.25. The Morgan fingerprint density at radius 3 is 2.50 bits per heavy atom. The fourth-order valence-corrected chi connectivity index (χ4v) is 3.88. The Morgan fingerprint density at radius 1 is 1.28 bits per heavy atom. The first-order valence-electron chi connectivity index (χ1n) is 5.37. The summed E-state index contributed by atoms with van der Waals surface area (Å²) >= 11 is 1.36. The molecule has 18 heavy (non-hydrogen) atoms. The number of anilines is 1. The van der Waals surface area contributed by atoms with Gasteiger partial charge in [0.2, 0.25) is 0 Å². The van der Waals surface area contributed by atoms with Crippen LogP contribution in [0.5, 0.6) is 0 Å². The average Bonchev–Trinajstić information content (AvgIpc) is 2.88. The Morgan fingerprint density at radius 2 is 1.94 bits per heavy atom. The van der Waals surface area contributed by atoms with Crippen molar-refractivity contribution in [3.63, 3.8) is 0 Å². The summed E-state index contributed by atoms with van der Waals surface area (Å²) in [6.07, 6.45) is 0. The van der Waals surface area contributed by atoms with Crippen LogP contribution < -0.4 is 10.0 Å². The zero-order valence-corrected chi connectivity index (χ0v) is 11.5. The Balaban J connectivity index is 2.37. The van der Waals surface area contributed by atoms with Gasteiger partial charge in [-0.15, -0.1) is 11.3 Å². The normalized spacial score (nSPS) is 11.4. The van der Waals surface area contributed by atoms with E-state index in [0.29, 0.717) is 17.1 Å². The van der Waals surface area contributed by atoms with Gasteiger partial charge in [-0.05, 0) is 18.2 Å². The van der Waals surface area contributed by atoms with Crippen molar-refractivity contribution in [2.24, 2.45) is 5.73 Å². The number of nitrogens with zero attached hydrogens (tertiary/aromatic N) is 1. The number of para-hydroxylation sites is 1. The lowest BCUT2D eigenvalue weighted by Crippen LogP contribution is -2.26. The fraction of sp³-hybridized carbons (Fsp3) is 0.167. The van der Waals surface area contributed by atoms with Crippen molar-refractivity contribution in [2.45, 2.75) is 11.4 Å². The van der Waals surface area contributed by atoms with E-state index in [9.17, 15) is 8.42 Å². The molecule has 2 rings (SSSR count). The largest absolute Gasteiger partial charge is 0.326 e. The Bertz CT molecular complexity index is 621. The maximum Gasteiger partial charge on any atom is 0.264 e. The second-order valence-corrected chi connectivity index (χ2v) is 6.73. The van der Waals surface area contributed by atoms with E-state index < -0.39 is 10.0 Å². The molecule has 0 saturated carbocycles. The molecule has 0 saturated heterocycles. The number of hydrogen-bond donors (Lipinski definition) is 1. The van der Waals surface area contributed by atoms with E-state index in [4.69, 9.17) is 5.73 Å². The molecule has 0 spiro atoms. The molecule has 1 heterocycles. The maximum absolute atomic E-state index is 12.4. The van der Waals surface area contributed by atoms with Gasteiger partial charge in [0.1, 0.15) is 0 Å². The van der Waals surface area contributed by atoms with E-state index in [1.807, 2.05) is 6.07 Å². The molecule has 0 bridgehead atoms. The van der Waals surface area contributed by atoms with Crippen molar-refractivity contribution in [1.82, 2.24) is 0 Å². The maximum atomic E-state index is 12.4. The van der Waals surface area contributed by atoms with Crippen LogP contribution in [0.2, 0.25) is 0 Å². The summed E-state index contributed by atoms with van der Waals surface area (Å²) in [7, 11) is -1.95.